The Morgan fingerprint density at radius 1 is 1.22 bits per heavy atom. The van der Waals surface area contributed by atoms with Crippen molar-refractivity contribution < 1.29 is 27.5 Å². The lowest BCUT2D eigenvalue weighted by molar-refractivity contribution is -0.137. The van der Waals surface area contributed by atoms with E-state index in [-0.39, 0.29) is 33.3 Å². The standard InChI is InChI=1S/C22H24F3N7O3S/c1-32-20(35-21(34)29-14-3-2-9-27-10-8-14)15(11-28-32)30-18(33)16-17(26)36-19(31-16)12-4-6-13(7-5-12)22(23,24)25/h4-7,11,14,27H,2-3,8-10,26H2,1H3,(H,29,34)(H,30,33). The number of nitrogen functional groups attached to an aromatic ring is 1. The molecule has 3 aromatic rings. The summed E-state index contributed by atoms with van der Waals surface area (Å²) in [4.78, 5) is 29.5. The summed E-state index contributed by atoms with van der Waals surface area (Å²) in [6, 6.07) is 4.36. The number of nitrogens with zero attached hydrogens (tertiary/aromatic N) is 3. The molecule has 1 aliphatic rings. The molecular weight excluding hydrogens is 499 g/mol. The highest BCUT2D eigenvalue weighted by Gasteiger charge is 2.30. The molecule has 1 unspecified atom stereocenters. The molecule has 3 heterocycles. The van der Waals surface area contributed by atoms with Crippen LogP contribution < -0.4 is 26.4 Å². The van der Waals surface area contributed by atoms with Crippen LogP contribution in [-0.2, 0) is 13.2 Å². The van der Waals surface area contributed by atoms with Gasteiger partial charge in [-0.1, -0.05) is 23.5 Å². The lowest BCUT2D eigenvalue weighted by Gasteiger charge is -2.16. The summed E-state index contributed by atoms with van der Waals surface area (Å²) in [5, 5.41) is 13.1. The second-order valence-electron chi connectivity index (χ2n) is 8.16. The lowest BCUT2D eigenvalue weighted by Crippen LogP contribution is -2.37. The van der Waals surface area contributed by atoms with Crippen LogP contribution in [-0.4, -0.2) is 45.9 Å². The number of nitrogens with one attached hydrogen (secondary N) is 3. The van der Waals surface area contributed by atoms with Crippen LogP contribution in [0.25, 0.3) is 10.6 Å². The minimum Gasteiger partial charge on any atom is -0.389 e. The predicted molar refractivity (Wildman–Crippen MR) is 128 cm³/mol. The van der Waals surface area contributed by atoms with E-state index in [0.29, 0.717) is 5.56 Å². The van der Waals surface area contributed by atoms with Crippen LogP contribution >= 0.6 is 11.3 Å². The molecule has 192 valence electrons. The maximum Gasteiger partial charge on any atom is 0.416 e. The molecule has 1 saturated heterocycles. The number of thiazole rings is 1. The molecule has 0 bridgehead atoms. The number of benzene rings is 1. The smallest absolute Gasteiger partial charge is 0.389 e. The Bertz CT molecular complexity index is 1230. The zero-order valence-electron chi connectivity index (χ0n) is 19.2. The van der Waals surface area contributed by atoms with Crippen molar-refractivity contribution in [2.45, 2.75) is 31.5 Å². The van der Waals surface area contributed by atoms with Crippen LogP contribution in [0, 0.1) is 0 Å². The Kier molecular flexibility index (Phi) is 7.45. The largest absolute Gasteiger partial charge is 0.416 e. The third-order valence-electron chi connectivity index (χ3n) is 5.55. The van der Waals surface area contributed by atoms with Crippen molar-refractivity contribution in [2.75, 3.05) is 24.1 Å². The van der Waals surface area contributed by atoms with Crippen molar-refractivity contribution in [3.63, 3.8) is 0 Å². The van der Waals surface area contributed by atoms with Crippen molar-refractivity contribution in [1.29, 1.82) is 0 Å². The fraction of sp³-hybridized carbons (Fsp3) is 0.364. The first kappa shape index (κ1) is 25.4. The number of aryl methyl sites for hydroxylation is 1. The number of carbonyl (C=O) groups is 2. The second kappa shape index (κ2) is 10.5. The number of halogens is 3. The number of amides is 2. The third kappa shape index (κ3) is 5.94. The van der Waals surface area contributed by atoms with E-state index in [0.717, 1.165) is 55.8 Å². The third-order valence-corrected chi connectivity index (χ3v) is 6.48. The molecular formula is C22H24F3N7O3S. The van der Waals surface area contributed by atoms with Crippen molar-refractivity contribution >= 4 is 34.0 Å². The van der Waals surface area contributed by atoms with Crippen LogP contribution in [0.2, 0.25) is 0 Å². The number of ether oxygens (including phenoxy) is 1. The molecule has 1 aliphatic heterocycles. The van der Waals surface area contributed by atoms with Gasteiger partial charge in [-0.3, -0.25) is 4.79 Å². The van der Waals surface area contributed by atoms with E-state index in [9.17, 15) is 22.8 Å². The van der Waals surface area contributed by atoms with Gasteiger partial charge in [0.25, 0.3) is 5.91 Å². The molecule has 2 aromatic heterocycles. The van der Waals surface area contributed by atoms with Gasteiger partial charge in [-0.15, -0.1) is 0 Å². The van der Waals surface area contributed by atoms with Gasteiger partial charge in [-0.2, -0.15) is 18.3 Å². The predicted octanol–water partition coefficient (Wildman–Crippen LogP) is 3.63. The number of hydrogen-bond donors (Lipinski definition) is 4. The van der Waals surface area contributed by atoms with Gasteiger partial charge >= 0.3 is 12.3 Å². The molecule has 0 aliphatic carbocycles. The fourth-order valence-corrected chi connectivity index (χ4v) is 4.52. The Hall–Kier alpha value is -3.65. The molecule has 5 N–H and O–H groups in total. The van der Waals surface area contributed by atoms with Gasteiger partial charge in [0.05, 0.1) is 11.8 Å². The quantitative estimate of drug-likeness (QED) is 0.401. The average Bonchev–Trinajstić information content (AvgIpc) is 3.26. The van der Waals surface area contributed by atoms with Gasteiger partial charge in [0.15, 0.2) is 5.69 Å². The van der Waals surface area contributed by atoms with Crippen LogP contribution in [0.3, 0.4) is 0 Å². The molecule has 0 radical (unpaired) electrons. The number of alkyl halides is 3. The molecule has 36 heavy (non-hydrogen) atoms. The molecule has 1 aromatic carbocycles. The van der Waals surface area contributed by atoms with Crippen LogP contribution in [0.15, 0.2) is 30.5 Å². The van der Waals surface area contributed by atoms with Crippen LogP contribution in [0.4, 0.5) is 28.7 Å². The van der Waals surface area contributed by atoms with E-state index < -0.39 is 23.7 Å². The minimum atomic E-state index is -4.46. The summed E-state index contributed by atoms with van der Waals surface area (Å²) >= 11 is 0.964. The van der Waals surface area contributed by atoms with Crippen LogP contribution in [0.1, 0.15) is 35.3 Å². The summed E-state index contributed by atoms with van der Waals surface area (Å²) in [7, 11) is 1.55. The highest BCUT2D eigenvalue weighted by molar-refractivity contribution is 7.19. The highest BCUT2D eigenvalue weighted by atomic mass is 32.1. The average molecular weight is 524 g/mol. The first-order valence-electron chi connectivity index (χ1n) is 11.1. The van der Waals surface area contributed by atoms with Crippen molar-refractivity contribution in [2.24, 2.45) is 7.05 Å². The number of hydrogen-bond acceptors (Lipinski definition) is 8. The van der Waals surface area contributed by atoms with E-state index in [2.05, 4.69) is 26.0 Å². The summed E-state index contributed by atoms with van der Waals surface area (Å²) in [6.07, 6.45) is -1.29. The maximum absolute atomic E-state index is 12.9. The molecule has 0 spiro atoms. The minimum absolute atomic E-state index is 0.0179. The Balaban J connectivity index is 1.45. The Labute approximate surface area is 208 Å². The van der Waals surface area contributed by atoms with Gasteiger partial charge in [0.1, 0.15) is 15.7 Å². The van der Waals surface area contributed by atoms with Gasteiger partial charge in [-0.25, -0.2) is 14.5 Å². The van der Waals surface area contributed by atoms with Crippen molar-refractivity contribution in [1.82, 2.24) is 25.4 Å². The van der Waals surface area contributed by atoms with E-state index in [1.807, 2.05) is 0 Å². The molecule has 4 rings (SSSR count). The SMILES string of the molecule is Cn1ncc(NC(=O)c2nc(-c3ccc(C(F)(F)F)cc3)sc2N)c1OC(=O)NC1CCCNCC1. The van der Waals surface area contributed by atoms with E-state index in [1.165, 1.54) is 23.0 Å². The van der Waals surface area contributed by atoms with Gasteiger partial charge in [-0.05, 0) is 44.5 Å². The summed E-state index contributed by atoms with van der Waals surface area (Å²) < 4.78 is 45.2. The van der Waals surface area contributed by atoms with E-state index in [4.69, 9.17) is 10.5 Å². The lowest BCUT2D eigenvalue weighted by atomic mass is 10.1. The zero-order valence-corrected chi connectivity index (χ0v) is 20.0. The first-order valence-corrected chi connectivity index (χ1v) is 11.9. The summed E-state index contributed by atoms with van der Waals surface area (Å²) in [5.41, 5.74) is 5.57. The van der Waals surface area contributed by atoms with E-state index >= 15 is 0 Å². The Morgan fingerprint density at radius 3 is 2.69 bits per heavy atom. The number of anilines is 2. The van der Waals surface area contributed by atoms with Gasteiger partial charge in [0.2, 0.25) is 5.88 Å². The summed E-state index contributed by atoms with van der Waals surface area (Å²) in [6.45, 7) is 1.69. The zero-order chi connectivity index (χ0) is 25.9. The van der Waals surface area contributed by atoms with Crippen molar-refractivity contribution in [3.8, 4) is 16.5 Å². The van der Waals surface area contributed by atoms with Crippen molar-refractivity contribution in [3.05, 3.63) is 41.7 Å². The number of rotatable bonds is 5. The Morgan fingerprint density at radius 2 is 1.97 bits per heavy atom. The molecule has 1 fully saturated rings. The molecule has 14 heteroatoms. The topological polar surface area (TPSA) is 136 Å². The number of aromatic nitrogens is 3. The number of nitrogens with two attached hydrogens (primary N) is 1. The van der Waals surface area contributed by atoms with E-state index in [1.54, 1.807) is 7.05 Å². The highest BCUT2D eigenvalue weighted by Crippen LogP contribution is 2.34. The van der Waals surface area contributed by atoms with Gasteiger partial charge in [0, 0.05) is 18.7 Å². The molecule has 2 amide bonds. The fourth-order valence-electron chi connectivity index (χ4n) is 3.68. The van der Waals surface area contributed by atoms with Gasteiger partial charge < -0.3 is 26.4 Å². The summed E-state index contributed by atoms with van der Waals surface area (Å²) in [5.74, 6) is -0.667. The molecule has 0 saturated carbocycles. The van der Waals surface area contributed by atoms with Crippen LogP contribution in [0.5, 0.6) is 5.88 Å². The maximum atomic E-state index is 12.9. The number of carbonyl (C=O) groups excluding carboxylic acids is 2. The first-order chi connectivity index (χ1) is 17.1. The molecule has 10 nitrogen and oxygen atoms in total. The normalized spacial score (nSPS) is 16.3. The monoisotopic (exact) mass is 523 g/mol. The molecule has 1 atom stereocenters. The second-order valence-corrected chi connectivity index (χ2v) is 9.19.